The monoisotopic (exact) mass is 380 g/mol. The number of rotatable bonds is 7. The molecule has 2 heterocycles. The summed E-state index contributed by atoms with van der Waals surface area (Å²) in [6, 6.07) is 6.38. The van der Waals surface area contributed by atoms with Gasteiger partial charge in [0.2, 0.25) is 15.9 Å². The van der Waals surface area contributed by atoms with Gasteiger partial charge >= 0.3 is 0 Å². The molecule has 3 rings (SSSR count). The van der Waals surface area contributed by atoms with Crippen molar-refractivity contribution in [3.8, 4) is 5.75 Å². The zero-order valence-corrected chi connectivity index (χ0v) is 15.8. The highest BCUT2D eigenvalue weighted by molar-refractivity contribution is 7.89. The lowest BCUT2D eigenvalue weighted by Crippen LogP contribution is -2.40. The molecule has 142 valence electrons. The summed E-state index contributed by atoms with van der Waals surface area (Å²) >= 11 is 0. The second-order valence-corrected chi connectivity index (χ2v) is 8.27. The van der Waals surface area contributed by atoms with Crippen molar-refractivity contribution in [2.75, 3.05) is 26.7 Å². The van der Waals surface area contributed by atoms with E-state index in [9.17, 15) is 8.42 Å². The summed E-state index contributed by atoms with van der Waals surface area (Å²) in [6.07, 6.45) is 2.01. The first kappa shape index (κ1) is 18.8. The molecule has 1 aliphatic heterocycles. The van der Waals surface area contributed by atoms with Gasteiger partial charge in [-0.1, -0.05) is 5.16 Å². The second-order valence-electron chi connectivity index (χ2n) is 6.51. The fraction of sp³-hybridized carbons (Fsp3) is 0.529. The fourth-order valence-electron chi connectivity index (χ4n) is 3.12. The minimum Gasteiger partial charge on any atom is -0.497 e. The third-order valence-electron chi connectivity index (χ3n) is 4.46. The minimum absolute atomic E-state index is 0.243. The van der Waals surface area contributed by atoms with Crippen molar-refractivity contribution >= 4 is 10.0 Å². The van der Waals surface area contributed by atoms with E-state index in [-0.39, 0.29) is 10.8 Å². The van der Waals surface area contributed by atoms with E-state index in [1.54, 1.807) is 38.3 Å². The summed E-state index contributed by atoms with van der Waals surface area (Å²) < 4.78 is 37.9. The normalized spacial score (nSPS) is 18.8. The molecule has 2 aromatic rings. The molecule has 1 atom stereocenters. The van der Waals surface area contributed by atoms with Gasteiger partial charge in [-0.05, 0) is 56.5 Å². The average molecular weight is 380 g/mol. The lowest BCUT2D eigenvalue weighted by Gasteiger charge is -2.31. The van der Waals surface area contributed by atoms with Crippen LogP contribution < -0.4 is 9.46 Å². The number of nitrogens with zero attached hydrogens (tertiary/aromatic N) is 3. The maximum atomic E-state index is 12.5. The highest BCUT2D eigenvalue weighted by Crippen LogP contribution is 2.19. The number of likely N-dealkylation sites (tertiary alicyclic amines) is 1. The molecule has 0 radical (unpaired) electrons. The van der Waals surface area contributed by atoms with E-state index in [2.05, 4.69) is 19.8 Å². The molecule has 0 amide bonds. The van der Waals surface area contributed by atoms with Crippen molar-refractivity contribution in [2.45, 2.75) is 31.2 Å². The Kier molecular flexibility index (Phi) is 5.90. The highest BCUT2D eigenvalue weighted by atomic mass is 32.2. The molecule has 1 aliphatic rings. The fourth-order valence-corrected chi connectivity index (χ4v) is 4.24. The first-order valence-corrected chi connectivity index (χ1v) is 10.1. The van der Waals surface area contributed by atoms with Gasteiger partial charge in [0.05, 0.1) is 18.6 Å². The van der Waals surface area contributed by atoms with Gasteiger partial charge in [-0.25, -0.2) is 13.1 Å². The van der Waals surface area contributed by atoms with Crippen LogP contribution in [0, 0.1) is 12.8 Å². The lowest BCUT2D eigenvalue weighted by molar-refractivity contribution is 0.151. The second kappa shape index (κ2) is 8.15. The first-order valence-electron chi connectivity index (χ1n) is 8.61. The van der Waals surface area contributed by atoms with Crippen LogP contribution in [0.25, 0.3) is 0 Å². The molecular weight excluding hydrogens is 356 g/mol. The smallest absolute Gasteiger partial charge is 0.240 e. The molecule has 0 unspecified atom stereocenters. The Bertz CT molecular complexity index is 820. The SMILES string of the molecule is COc1ccc(S(=O)(=O)NC[C@H]2CCCN(Cc3nc(C)no3)C2)cc1. The molecule has 0 saturated carbocycles. The Labute approximate surface area is 153 Å². The van der Waals surface area contributed by atoms with Crippen molar-refractivity contribution in [1.29, 1.82) is 0 Å². The summed E-state index contributed by atoms with van der Waals surface area (Å²) in [4.78, 5) is 6.70. The Hall–Kier alpha value is -1.97. The van der Waals surface area contributed by atoms with Crippen LogP contribution in [0.5, 0.6) is 5.75 Å². The molecule has 8 nitrogen and oxygen atoms in total. The van der Waals surface area contributed by atoms with Crippen LogP contribution in [-0.2, 0) is 16.6 Å². The van der Waals surface area contributed by atoms with Gasteiger partial charge in [0.25, 0.3) is 0 Å². The van der Waals surface area contributed by atoms with Crippen molar-refractivity contribution in [3.63, 3.8) is 0 Å². The summed E-state index contributed by atoms with van der Waals surface area (Å²) in [6.45, 7) is 4.55. The van der Waals surface area contributed by atoms with E-state index in [0.29, 0.717) is 30.6 Å². The minimum atomic E-state index is -3.52. The summed E-state index contributed by atoms with van der Waals surface area (Å²) in [5.41, 5.74) is 0. The molecule has 9 heteroatoms. The molecular formula is C17H24N4O4S. The Morgan fingerprint density at radius 2 is 2.12 bits per heavy atom. The predicted octanol–water partition coefficient (Wildman–Crippen LogP) is 1.58. The van der Waals surface area contributed by atoms with Gasteiger partial charge in [-0.3, -0.25) is 4.90 Å². The number of aryl methyl sites for hydroxylation is 1. The lowest BCUT2D eigenvalue weighted by atomic mass is 9.98. The van der Waals surface area contributed by atoms with Gasteiger partial charge < -0.3 is 9.26 Å². The van der Waals surface area contributed by atoms with E-state index in [1.165, 1.54) is 0 Å². The number of aromatic nitrogens is 2. The number of methoxy groups -OCH3 is 1. The molecule has 1 fully saturated rings. The first-order chi connectivity index (χ1) is 12.5. The van der Waals surface area contributed by atoms with E-state index < -0.39 is 10.0 Å². The number of piperidine rings is 1. The van der Waals surface area contributed by atoms with Crippen molar-refractivity contribution in [2.24, 2.45) is 5.92 Å². The van der Waals surface area contributed by atoms with Crippen LogP contribution >= 0.6 is 0 Å². The van der Waals surface area contributed by atoms with Crippen LogP contribution in [0.4, 0.5) is 0 Å². The van der Waals surface area contributed by atoms with E-state index in [1.807, 2.05) is 0 Å². The number of hydrogen-bond acceptors (Lipinski definition) is 7. The third kappa shape index (κ3) is 4.80. The Morgan fingerprint density at radius 3 is 2.77 bits per heavy atom. The standard InChI is InChI=1S/C17H24N4O4S/c1-13-19-17(25-20-13)12-21-9-3-4-14(11-21)10-18-26(22,23)16-7-5-15(24-2)6-8-16/h5-8,14,18H,3-4,9-12H2,1-2H3/t14-/m1/s1. The van der Waals surface area contributed by atoms with Gasteiger partial charge in [0.1, 0.15) is 5.75 Å². The van der Waals surface area contributed by atoms with Gasteiger partial charge in [0.15, 0.2) is 5.82 Å². The van der Waals surface area contributed by atoms with Gasteiger partial charge in [0, 0.05) is 13.1 Å². The van der Waals surface area contributed by atoms with Crippen molar-refractivity contribution in [1.82, 2.24) is 19.8 Å². The molecule has 0 spiro atoms. The summed E-state index contributed by atoms with van der Waals surface area (Å²) in [5, 5.41) is 3.80. The largest absolute Gasteiger partial charge is 0.497 e. The number of nitrogens with one attached hydrogen (secondary N) is 1. The third-order valence-corrected chi connectivity index (χ3v) is 5.90. The predicted molar refractivity (Wildman–Crippen MR) is 95.2 cm³/mol. The quantitative estimate of drug-likeness (QED) is 0.779. The molecule has 26 heavy (non-hydrogen) atoms. The number of hydrogen-bond donors (Lipinski definition) is 1. The van der Waals surface area contributed by atoms with Gasteiger partial charge in [-0.2, -0.15) is 4.98 Å². The van der Waals surface area contributed by atoms with E-state index in [4.69, 9.17) is 9.26 Å². The summed E-state index contributed by atoms with van der Waals surface area (Å²) in [7, 11) is -1.97. The maximum Gasteiger partial charge on any atom is 0.240 e. The molecule has 0 aliphatic carbocycles. The van der Waals surface area contributed by atoms with Gasteiger partial charge in [-0.15, -0.1) is 0 Å². The van der Waals surface area contributed by atoms with E-state index >= 15 is 0 Å². The van der Waals surface area contributed by atoms with Crippen LogP contribution in [0.3, 0.4) is 0 Å². The Morgan fingerprint density at radius 1 is 1.35 bits per heavy atom. The van der Waals surface area contributed by atoms with Crippen LogP contribution in [-0.4, -0.2) is 50.2 Å². The van der Waals surface area contributed by atoms with Crippen LogP contribution in [0.1, 0.15) is 24.6 Å². The number of sulfonamides is 1. The topological polar surface area (TPSA) is 97.6 Å². The van der Waals surface area contributed by atoms with Crippen molar-refractivity contribution in [3.05, 3.63) is 36.0 Å². The highest BCUT2D eigenvalue weighted by Gasteiger charge is 2.23. The number of ether oxygens (including phenoxy) is 1. The summed E-state index contributed by atoms with van der Waals surface area (Å²) in [5.74, 6) is 2.10. The maximum absolute atomic E-state index is 12.5. The van der Waals surface area contributed by atoms with Crippen LogP contribution in [0.2, 0.25) is 0 Å². The van der Waals surface area contributed by atoms with E-state index in [0.717, 1.165) is 25.9 Å². The zero-order chi connectivity index (χ0) is 18.6. The number of benzene rings is 1. The zero-order valence-electron chi connectivity index (χ0n) is 15.0. The molecule has 1 aromatic carbocycles. The molecule has 1 aromatic heterocycles. The molecule has 0 bridgehead atoms. The molecule has 1 N–H and O–H groups in total. The van der Waals surface area contributed by atoms with Crippen molar-refractivity contribution < 1.29 is 17.7 Å². The Balaban J connectivity index is 1.54. The molecule has 1 saturated heterocycles. The van der Waals surface area contributed by atoms with Crippen LogP contribution in [0.15, 0.2) is 33.7 Å². The average Bonchev–Trinajstić information content (AvgIpc) is 3.05.